The van der Waals surface area contributed by atoms with Crippen LogP contribution in [0.15, 0.2) is 42.5 Å². The number of benzene rings is 2. The van der Waals surface area contributed by atoms with Crippen molar-refractivity contribution in [1.29, 1.82) is 0 Å². The molecule has 27 heavy (non-hydrogen) atoms. The van der Waals surface area contributed by atoms with Gasteiger partial charge in [0.15, 0.2) is 0 Å². The largest absolute Gasteiger partial charge is 0.489 e. The van der Waals surface area contributed by atoms with Crippen molar-refractivity contribution in [3.8, 4) is 5.75 Å². The van der Waals surface area contributed by atoms with Gasteiger partial charge in [-0.15, -0.1) is 0 Å². The number of ether oxygens (including phenoxy) is 1. The molecular formula is C21H23ClN2O3. The summed E-state index contributed by atoms with van der Waals surface area (Å²) in [5.41, 5.74) is 2.28. The summed E-state index contributed by atoms with van der Waals surface area (Å²) in [6.45, 7) is 6.10. The first-order valence-corrected chi connectivity index (χ1v) is 9.36. The molecule has 2 amide bonds. The van der Waals surface area contributed by atoms with Gasteiger partial charge >= 0.3 is 0 Å². The van der Waals surface area contributed by atoms with Crippen LogP contribution in [0.25, 0.3) is 0 Å². The summed E-state index contributed by atoms with van der Waals surface area (Å²) in [4.78, 5) is 26.8. The molecule has 1 aliphatic heterocycles. The van der Waals surface area contributed by atoms with Crippen LogP contribution in [0.1, 0.15) is 25.8 Å². The number of halogens is 1. The minimum Gasteiger partial charge on any atom is -0.489 e. The molecule has 5 nitrogen and oxygen atoms in total. The van der Waals surface area contributed by atoms with E-state index < -0.39 is 5.92 Å². The van der Waals surface area contributed by atoms with Crippen LogP contribution in [0.5, 0.6) is 5.75 Å². The van der Waals surface area contributed by atoms with E-state index in [4.69, 9.17) is 16.3 Å². The average Bonchev–Trinajstić information content (AvgIpc) is 3.00. The highest BCUT2D eigenvalue weighted by Crippen LogP contribution is 2.30. The van der Waals surface area contributed by atoms with Crippen LogP contribution in [0.2, 0.25) is 5.02 Å². The lowest BCUT2D eigenvalue weighted by molar-refractivity contribution is -0.122. The molecule has 3 rings (SSSR count). The third-order valence-electron chi connectivity index (χ3n) is 4.47. The molecule has 0 aliphatic carbocycles. The number of hydrogen-bond acceptors (Lipinski definition) is 3. The van der Waals surface area contributed by atoms with Crippen LogP contribution in [0.3, 0.4) is 0 Å². The van der Waals surface area contributed by atoms with Gasteiger partial charge in [-0.3, -0.25) is 9.59 Å². The molecule has 1 unspecified atom stereocenters. The molecule has 1 aliphatic rings. The summed E-state index contributed by atoms with van der Waals surface area (Å²) in [5, 5.41) is 3.51. The van der Waals surface area contributed by atoms with E-state index in [0.717, 1.165) is 11.3 Å². The molecule has 0 aromatic heterocycles. The Hall–Kier alpha value is -2.53. The molecule has 2 aromatic rings. The number of nitrogens with one attached hydrogen (secondary N) is 1. The number of hydrogen-bond donors (Lipinski definition) is 1. The molecule has 0 radical (unpaired) electrons. The summed E-state index contributed by atoms with van der Waals surface area (Å²) in [5.74, 6) is -0.0809. The van der Waals surface area contributed by atoms with Gasteiger partial charge < -0.3 is 15.0 Å². The van der Waals surface area contributed by atoms with E-state index in [2.05, 4.69) is 5.32 Å². The van der Waals surface area contributed by atoms with Crippen LogP contribution < -0.4 is 15.0 Å². The van der Waals surface area contributed by atoms with Gasteiger partial charge in [-0.1, -0.05) is 29.8 Å². The average molecular weight is 387 g/mol. The van der Waals surface area contributed by atoms with Crippen molar-refractivity contribution in [2.24, 2.45) is 5.92 Å². The molecule has 142 valence electrons. The van der Waals surface area contributed by atoms with Crippen molar-refractivity contribution in [2.75, 3.05) is 16.8 Å². The number of rotatable bonds is 5. The third kappa shape index (κ3) is 4.42. The van der Waals surface area contributed by atoms with Gasteiger partial charge in [0, 0.05) is 23.7 Å². The van der Waals surface area contributed by atoms with Gasteiger partial charge in [-0.2, -0.15) is 0 Å². The van der Waals surface area contributed by atoms with Gasteiger partial charge in [0.05, 0.1) is 17.7 Å². The van der Waals surface area contributed by atoms with E-state index in [1.54, 1.807) is 17.0 Å². The molecule has 1 N–H and O–H groups in total. The van der Waals surface area contributed by atoms with Crippen molar-refractivity contribution >= 4 is 34.8 Å². The fraction of sp³-hybridized carbons (Fsp3) is 0.333. The standard InChI is InChI=1S/C21H23ClN2O3/c1-13(2)27-19-7-5-4-6-18(19)23-21(26)15-10-20(25)24(12-15)16-9-8-14(3)17(22)11-16/h4-9,11,13,15H,10,12H2,1-3H3,(H,23,26). The number of nitrogens with zero attached hydrogens (tertiary/aromatic N) is 1. The minimum absolute atomic E-state index is 0.00196. The van der Waals surface area contributed by atoms with Gasteiger partial charge in [0.2, 0.25) is 11.8 Å². The minimum atomic E-state index is -0.426. The maximum Gasteiger partial charge on any atom is 0.229 e. The Balaban J connectivity index is 1.72. The highest BCUT2D eigenvalue weighted by atomic mass is 35.5. The first-order valence-electron chi connectivity index (χ1n) is 8.98. The Morgan fingerprint density at radius 3 is 2.70 bits per heavy atom. The van der Waals surface area contributed by atoms with E-state index in [1.807, 2.05) is 51.1 Å². The highest BCUT2D eigenvalue weighted by molar-refractivity contribution is 6.31. The molecule has 6 heteroatoms. The zero-order chi connectivity index (χ0) is 19.6. The SMILES string of the molecule is Cc1ccc(N2CC(C(=O)Nc3ccccc3OC(C)C)CC2=O)cc1Cl. The van der Waals surface area contributed by atoms with Gasteiger partial charge in [-0.05, 0) is 50.6 Å². The Morgan fingerprint density at radius 2 is 2.00 bits per heavy atom. The summed E-state index contributed by atoms with van der Waals surface area (Å²) in [7, 11) is 0. The first kappa shape index (κ1) is 19.2. The molecule has 1 saturated heterocycles. The smallest absolute Gasteiger partial charge is 0.229 e. The van der Waals surface area contributed by atoms with Crippen LogP contribution in [-0.2, 0) is 9.59 Å². The van der Waals surface area contributed by atoms with Crippen molar-refractivity contribution < 1.29 is 14.3 Å². The van der Waals surface area contributed by atoms with Crippen LogP contribution >= 0.6 is 11.6 Å². The van der Waals surface area contributed by atoms with Crippen molar-refractivity contribution in [3.05, 3.63) is 53.1 Å². The number of anilines is 2. The topological polar surface area (TPSA) is 58.6 Å². The highest BCUT2D eigenvalue weighted by Gasteiger charge is 2.35. The van der Waals surface area contributed by atoms with Crippen molar-refractivity contribution in [3.63, 3.8) is 0 Å². The molecule has 0 bridgehead atoms. The Morgan fingerprint density at radius 1 is 1.26 bits per heavy atom. The van der Waals surface area contributed by atoms with Crippen LogP contribution in [-0.4, -0.2) is 24.5 Å². The number of para-hydroxylation sites is 2. The van der Waals surface area contributed by atoms with Gasteiger partial charge in [0.1, 0.15) is 5.75 Å². The fourth-order valence-electron chi connectivity index (χ4n) is 3.04. The summed E-state index contributed by atoms with van der Waals surface area (Å²) in [6.07, 6.45) is 0.169. The second kappa shape index (κ2) is 8.01. The molecule has 0 saturated carbocycles. The summed E-state index contributed by atoms with van der Waals surface area (Å²) in [6, 6.07) is 12.8. The summed E-state index contributed by atoms with van der Waals surface area (Å²) >= 11 is 6.17. The second-order valence-electron chi connectivity index (χ2n) is 6.99. The maximum atomic E-state index is 12.7. The van der Waals surface area contributed by atoms with E-state index in [1.165, 1.54) is 0 Å². The normalized spacial score (nSPS) is 16.7. The van der Waals surface area contributed by atoms with Crippen molar-refractivity contribution in [2.45, 2.75) is 33.3 Å². The quantitative estimate of drug-likeness (QED) is 0.827. The van der Waals surface area contributed by atoms with Gasteiger partial charge in [-0.25, -0.2) is 0 Å². The lowest BCUT2D eigenvalue weighted by Crippen LogP contribution is -2.28. The molecule has 2 aromatic carbocycles. The molecule has 0 spiro atoms. The maximum absolute atomic E-state index is 12.7. The lowest BCUT2D eigenvalue weighted by atomic mass is 10.1. The van der Waals surface area contributed by atoms with Crippen molar-refractivity contribution in [1.82, 2.24) is 0 Å². The summed E-state index contributed by atoms with van der Waals surface area (Å²) < 4.78 is 5.74. The van der Waals surface area contributed by atoms with Crippen LogP contribution in [0.4, 0.5) is 11.4 Å². The number of carbonyl (C=O) groups excluding carboxylic acids is 2. The van der Waals surface area contributed by atoms with E-state index in [9.17, 15) is 9.59 Å². The molecule has 1 heterocycles. The monoisotopic (exact) mass is 386 g/mol. The second-order valence-corrected chi connectivity index (χ2v) is 7.40. The molecule has 1 fully saturated rings. The van der Waals surface area contributed by atoms with Crippen LogP contribution in [0, 0.1) is 12.8 Å². The van der Waals surface area contributed by atoms with Gasteiger partial charge in [0.25, 0.3) is 0 Å². The number of amides is 2. The third-order valence-corrected chi connectivity index (χ3v) is 4.88. The molecular weight excluding hydrogens is 364 g/mol. The van der Waals surface area contributed by atoms with E-state index >= 15 is 0 Å². The Bertz CT molecular complexity index is 866. The number of carbonyl (C=O) groups is 2. The molecule has 1 atom stereocenters. The lowest BCUT2D eigenvalue weighted by Gasteiger charge is -2.18. The first-order chi connectivity index (χ1) is 12.8. The Kier molecular flexibility index (Phi) is 5.71. The number of aryl methyl sites for hydroxylation is 1. The van der Waals surface area contributed by atoms with E-state index in [-0.39, 0.29) is 24.3 Å². The van der Waals surface area contributed by atoms with E-state index in [0.29, 0.717) is 23.0 Å². The predicted octanol–water partition coefficient (Wildman–Crippen LogP) is 4.43. The fourth-order valence-corrected chi connectivity index (χ4v) is 3.22. The zero-order valence-corrected chi connectivity index (χ0v) is 16.4. The predicted molar refractivity (Wildman–Crippen MR) is 107 cm³/mol. The zero-order valence-electron chi connectivity index (χ0n) is 15.7. The Labute approximate surface area is 164 Å².